The van der Waals surface area contributed by atoms with Gasteiger partial charge in [0.05, 0.1) is 0 Å². The van der Waals surface area contributed by atoms with E-state index in [1.807, 2.05) is 6.92 Å². The highest BCUT2D eigenvalue weighted by atomic mass is 16.3. The van der Waals surface area contributed by atoms with Crippen molar-refractivity contribution in [2.75, 3.05) is 24.2 Å². The summed E-state index contributed by atoms with van der Waals surface area (Å²) in [4.78, 5) is 16.3. The van der Waals surface area contributed by atoms with Crippen LogP contribution in [0.3, 0.4) is 0 Å². The Morgan fingerprint density at radius 2 is 2.25 bits per heavy atom. The molecular weight excluding hydrogens is 258 g/mol. The topological polar surface area (TPSA) is 115 Å². The lowest BCUT2D eigenvalue weighted by atomic mass is 10.1. The van der Waals surface area contributed by atoms with E-state index in [1.54, 1.807) is 23.3 Å². The number of nitrogen functional groups attached to an aromatic ring is 1. The van der Waals surface area contributed by atoms with E-state index in [0.717, 1.165) is 19.4 Å². The largest absolute Gasteiger partial charge is 0.396 e. The number of hydrogen-bond acceptors (Lipinski definition) is 7. The van der Waals surface area contributed by atoms with Gasteiger partial charge in [-0.25, -0.2) is 4.98 Å². The number of imidazole rings is 1. The SMILES string of the molecule is CC(CO)CCCNc1nc(N)nc(-n2ccnc2)n1. The third-order valence-electron chi connectivity index (χ3n) is 2.84. The van der Waals surface area contributed by atoms with Gasteiger partial charge in [-0.1, -0.05) is 6.92 Å². The minimum Gasteiger partial charge on any atom is -0.396 e. The zero-order valence-electron chi connectivity index (χ0n) is 11.4. The predicted molar refractivity (Wildman–Crippen MR) is 75.3 cm³/mol. The smallest absolute Gasteiger partial charge is 0.241 e. The number of rotatable bonds is 7. The van der Waals surface area contributed by atoms with E-state index in [9.17, 15) is 0 Å². The molecule has 1 unspecified atom stereocenters. The minimum absolute atomic E-state index is 0.162. The molecule has 0 aliphatic rings. The zero-order chi connectivity index (χ0) is 14.4. The molecular formula is C12H19N7O. The fourth-order valence-corrected chi connectivity index (χ4v) is 1.69. The summed E-state index contributed by atoms with van der Waals surface area (Å²) in [5, 5.41) is 12.1. The Hall–Kier alpha value is -2.22. The maximum absolute atomic E-state index is 8.95. The molecule has 2 rings (SSSR count). The van der Waals surface area contributed by atoms with Crippen LogP contribution in [0.1, 0.15) is 19.8 Å². The van der Waals surface area contributed by atoms with Crippen LogP contribution in [-0.4, -0.2) is 42.8 Å². The van der Waals surface area contributed by atoms with Crippen LogP contribution in [0, 0.1) is 5.92 Å². The van der Waals surface area contributed by atoms with Gasteiger partial charge in [0.25, 0.3) is 0 Å². The maximum atomic E-state index is 8.95. The molecule has 2 aromatic heterocycles. The third-order valence-corrected chi connectivity index (χ3v) is 2.84. The summed E-state index contributed by atoms with van der Waals surface area (Å²) in [6, 6.07) is 0. The molecule has 1 atom stereocenters. The number of nitrogens with zero attached hydrogens (tertiary/aromatic N) is 5. The van der Waals surface area contributed by atoms with E-state index in [-0.39, 0.29) is 12.6 Å². The van der Waals surface area contributed by atoms with E-state index in [4.69, 9.17) is 10.8 Å². The highest BCUT2D eigenvalue weighted by molar-refractivity contribution is 5.34. The Kier molecular flexibility index (Phi) is 4.83. The van der Waals surface area contributed by atoms with Crippen LogP contribution in [0.15, 0.2) is 18.7 Å². The number of hydrogen-bond donors (Lipinski definition) is 3. The van der Waals surface area contributed by atoms with Crippen molar-refractivity contribution in [1.29, 1.82) is 0 Å². The number of nitrogens with one attached hydrogen (secondary N) is 1. The number of aliphatic hydroxyl groups excluding tert-OH is 1. The molecule has 0 spiro atoms. The first kappa shape index (κ1) is 14.2. The summed E-state index contributed by atoms with van der Waals surface area (Å²) in [5.41, 5.74) is 5.67. The van der Waals surface area contributed by atoms with Crippen molar-refractivity contribution >= 4 is 11.9 Å². The molecule has 0 amide bonds. The van der Waals surface area contributed by atoms with E-state index < -0.39 is 0 Å². The van der Waals surface area contributed by atoms with E-state index in [0.29, 0.717) is 17.8 Å². The normalized spacial score (nSPS) is 12.3. The second kappa shape index (κ2) is 6.80. The van der Waals surface area contributed by atoms with Crippen molar-refractivity contribution < 1.29 is 5.11 Å². The van der Waals surface area contributed by atoms with Gasteiger partial charge in [-0.15, -0.1) is 0 Å². The molecule has 0 aliphatic carbocycles. The van der Waals surface area contributed by atoms with Crippen LogP contribution in [0.5, 0.6) is 0 Å². The first-order valence-electron chi connectivity index (χ1n) is 6.53. The van der Waals surface area contributed by atoms with Gasteiger partial charge in [0.15, 0.2) is 0 Å². The number of nitrogens with two attached hydrogens (primary N) is 1. The van der Waals surface area contributed by atoms with Crippen LogP contribution in [0.2, 0.25) is 0 Å². The molecule has 20 heavy (non-hydrogen) atoms. The average Bonchev–Trinajstić information content (AvgIpc) is 2.97. The lowest BCUT2D eigenvalue weighted by Gasteiger charge is -2.09. The Balaban J connectivity index is 1.95. The molecule has 2 heterocycles. The molecule has 0 aliphatic heterocycles. The minimum atomic E-state index is 0.162. The Morgan fingerprint density at radius 1 is 1.40 bits per heavy atom. The third kappa shape index (κ3) is 3.89. The number of aliphatic hydroxyl groups is 1. The molecule has 0 radical (unpaired) electrons. The van der Waals surface area contributed by atoms with Crippen molar-refractivity contribution in [2.24, 2.45) is 5.92 Å². The van der Waals surface area contributed by atoms with Crippen molar-refractivity contribution in [3.8, 4) is 5.95 Å². The lowest BCUT2D eigenvalue weighted by Crippen LogP contribution is -2.12. The van der Waals surface area contributed by atoms with Crippen molar-refractivity contribution in [3.05, 3.63) is 18.7 Å². The second-order valence-electron chi connectivity index (χ2n) is 4.64. The summed E-state index contributed by atoms with van der Waals surface area (Å²) >= 11 is 0. The summed E-state index contributed by atoms with van der Waals surface area (Å²) in [6.07, 6.45) is 6.85. The lowest BCUT2D eigenvalue weighted by molar-refractivity contribution is 0.229. The van der Waals surface area contributed by atoms with E-state index in [2.05, 4.69) is 25.3 Å². The zero-order valence-corrected chi connectivity index (χ0v) is 11.4. The van der Waals surface area contributed by atoms with Gasteiger partial charge in [0.1, 0.15) is 6.33 Å². The van der Waals surface area contributed by atoms with Crippen molar-refractivity contribution in [2.45, 2.75) is 19.8 Å². The van der Waals surface area contributed by atoms with Gasteiger partial charge in [-0.05, 0) is 18.8 Å². The fourth-order valence-electron chi connectivity index (χ4n) is 1.69. The molecule has 4 N–H and O–H groups in total. The molecule has 108 valence electrons. The highest BCUT2D eigenvalue weighted by Gasteiger charge is 2.06. The van der Waals surface area contributed by atoms with E-state index >= 15 is 0 Å². The second-order valence-corrected chi connectivity index (χ2v) is 4.64. The molecule has 8 heteroatoms. The van der Waals surface area contributed by atoms with Gasteiger partial charge in [0.2, 0.25) is 17.8 Å². The molecule has 8 nitrogen and oxygen atoms in total. The predicted octanol–water partition coefficient (Wildman–Crippen LogP) is 0.460. The molecule has 0 aromatic carbocycles. The van der Waals surface area contributed by atoms with Crippen LogP contribution in [0.4, 0.5) is 11.9 Å². The van der Waals surface area contributed by atoms with Gasteiger partial charge >= 0.3 is 0 Å². The summed E-state index contributed by atoms with van der Waals surface area (Å²) in [6.45, 7) is 2.94. The molecule has 0 fully saturated rings. The van der Waals surface area contributed by atoms with Crippen LogP contribution < -0.4 is 11.1 Å². The highest BCUT2D eigenvalue weighted by Crippen LogP contribution is 2.08. The van der Waals surface area contributed by atoms with Crippen LogP contribution in [-0.2, 0) is 0 Å². The monoisotopic (exact) mass is 277 g/mol. The van der Waals surface area contributed by atoms with Gasteiger partial charge in [-0.2, -0.15) is 15.0 Å². The Bertz CT molecular complexity index is 529. The molecule has 0 bridgehead atoms. The first-order chi connectivity index (χ1) is 9.69. The summed E-state index contributed by atoms with van der Waals surface area (Å²) in [7, 11) is 0. The molecule has 2 aromatic rings. The summed E-state index contributed by atoms with van der Waals surface area (Å²) < 4.78 is 1.66. The number of aromatic nitrogens is 5. The van der Waals surface area contributed by atoms with E-state index in [1.165, 1.54) is 0 Å². The van der Waals surface area contributed by atoms with Crippen molar-refractivity contribution in [1.82, 2.24) is 24.5 Å². The van der Waals surface area contributed by atoms with Crippen molar-refractivity contribution in [3.63, 3.8) is 0 Å². The molecule has 0 saturated heterocycles. The van der Waals surface area contributed by atoms with Crippen LogP contribution >= 0.6 is 0 Å². The first-order valence-corrected chi connectivity index (χ1v) is 6.53. The summed E-state index contributed by atoms with van der Waals surface area (Å²) in [5.74, 6) is 1.34. The maximum Gasteiger partial charge on any atom is 0.241 e. The number of anilines is 2. The van der Waals surface area contributed by atoms with Gasteiger partial charge in [0, 0.05) is 25.5 Å². The Labute approximate surface area is 117 Å². The standard InChI is InChI=1S/C12H19N7O/c1-9(7-20)3-2-4-15-11-16-10(13)17-12(18-11)19-6-5-14-8-19/h5-6,8-9,20H,2-4,7H2,1H3,(H3,13,15,16,17,18). The van der Waals surface area contributed by atoms with Gasteiger partial charge in [-0.3, -0.25) is 4.57 Å². The quantitative estimate of drug-likeness (QED) is 0.630. The van der Waals surface area contributed by atoms with Crippen LogP contribution in [0.25, 0.3) is 5.95 Å². The van der Waals surface area contributed by atoms with Gasteiger partial charge < -0.3 is 16.2 Å². The fraction of sp³-hybridized carbons (Fsp3) is 0.500. The molecule has 0 saturated carbocycles. The Morgan fingerprint density at radius 3 is 2.95 bits per heavy atom. The average molecular weight is 277 g/mol.